The van der Waals surface area contributed by atoms with E-state index in [4.69, 9.17) is 5.73 Å². The molecule has 0 radical (unpaired) electrons. The molecule has 0 unspecified atom stereocenters. The average Bonchev–Trinajstić information content (AvgIpc) is 3.11. The standard InChI is InChI=1S/C20H17BN4O3/c21-20(27,28)17-7-3-6-15(24-17)14-5-2-1-4-13(14)12-8-9-18-23-10-16(19(22)26)25(18)11-12/h1-11,27-28H,21H2,(H2,22,26). The van der Waals surface area contributed by atoms with Gasteiger partial charge in [0.15, 0.2) is 13.5 Å². The van der Waals surface area contributed by atoms with Gasteiger partial charge in [0, 0.05) is 11.8 Å². The third-order valence-electron chi connectivity index (χ3n) is 4.51. The van der Waals surface area contributed by atoms with Gasteiger partial charge in [-0.05, 0) is 35.4 Å². The lowest BCUT2D eigenvalue weighted by Gasteiger charge is -2.17. The molecule has 7 nitrogen and oxygen atoms in total. The number of aromatic nitrogens is 3. The minimum atomic E-state index is -2.03. The van der Waals surface area contributed by atoms with Gasteiger partial charge in [0.1, 0.15) is 11.3 Å². The van der Waals surface area contributed by atoms with Gasteiger partial charge < -0.3 is 15.9 Å². The summed E-state index contributed by atoms with van der Waals surface area (Å²) in [6.45, 7) is 0. The number of amides is 1. The lowest BCUT2D eigenvalue weighted by atomic mass is 9.90. The fraction of sp³-hybridized carbons (Fsp3) is 0.0500. The number of rotatable bonds is 4. The lowest BCUT2D eigenvalue weighted by Crippen LogP contribution is -2.26. The summed E-state index contributed by atoms with van der Waals surface area (Å²) in [4.78, 5) is 20.2. The number of aliphatic hydroxyl groups is 2. The minimum Gasteiger partial charge on any atom is -0.369 e. The first-order chi connectivity index (χ1) is 13.3. The Balaban J connectivity index is 1.89. The van der Waals surface area contributed by atoms with E-state index in [1.54, 1.807) is 34.9 Å². The van der Waals surface area contributed by atoms with E-state index in [0.29, 0.717) is 17.0 Å². The molecule has 3 heterocycles. The van der Waals surface area contributed by atoms with Crippen LogP contribution in [0, 0.1) is 0 Å². The molecule has 0 atom stereocenters. The summed E-state index contributed by atoms with van der Waals surface area (Å²) in [7, 11) is 1.27. The van der Waals surface area contributed by atoms with Crippen LogP contribution in [-0.4, -0.2) is 38.3 Å². The van der Waals surface area contributed by atoms with Crippen LogP contribution in [0.4, 0.5) is 0 Å². The summed E-state index contributed by atoms with van der Waals surface area (Å²) < 4.78 is 1.65. The number of imidazole rings is 1. The van der Waals surface area contributed by atoms with Crippen molar-refractivity contribution in [2.24, 2.45) is 5.73 Å². The zero-order chi connectivity index (χ0) is 19.9. The molecule has 0 spiro atoms. The quantitative estimate of drug-likeness (QED) is 0.364. The Hall–Kier alpha value is -3.49. The molecule has 4 aromatic rings. The van der Waals surface area contributed by atoms with Gasteiger partial charge in [0.05, 0.1) is 17.6 Å². The highest BCUT2D eigenvalue weighted by atomic mass is 16.5. The monoisotopic (exact) mass is 372 g/mol. The van der Waals surface area contributed by atoms with E-state index >= 15 is 0 Å². The molecule has 0 bridgehead atoms. The minimum absolute atomic E-state index is 0.154. The Morgan fingerprint density at radius 3 is 2.50 bits per heavy atom. The highest BCUT2D eigenvalue weighted by Gasteiger charge is 2.21. The van der Waals surface area contributed by atoms with E-state index in [0.717, 1.165) is 16.7 Å². The molecule has 0 aliphatic carbocycles. The van der Waals surface area contributed by atoms with Crippen molar-refractivity contribution in [2.45, 2.75) is 5.69 Å². The number of fused-ring (bicyclic) bond motifs is 1. The number of primary amides is 1. The van der Waals surface area contributed by atoms with Gasteiger partial charge in [0.2, 0.25) is 0 Å². The van der Waals surface area contributed by atoms with Gasteiger partial charge in [-0.2, -0.15) is 0 Å². The van der Waals surface area contributed by atoms with E-state index in [1.807, 2.05) is 30.3 Å². The molecule has 0 aliphatic heterocycles. The van der Waals surface area contributed by atoms with Gasteiger partial charge in [-0.25, -0.2) is 9.97 Å². The van der Waals surface area contributed by atoms with Gasteiger partial charge in [0.25, 0.3) is 5.91 Å². The Kier molecular flexibility index (Phi) is 4.22. The molecule has 4 rings (SSSR count). The van der Waals surface area contributed by atoms with Crippen molar-refractivity contribution in [1.29, 1.82) is 0 Å². The van der Waals surface area contributed by atoms with Crippen LogP contribution in [0.5, 0.6) is 0 Å². The molecular formula is C20H17BN4O3. The summed E-state index contributed by atoms with van der Waals surface area (Å²) in [5.74, 6) is -0.558. The van der Waals surface area contributed by atoms with E-state index < -0.39 is 11.6 Å². The highest BCUT2D eigenvalue weighted by molar-refractivity contribution is 6.13. The van der Waals surface area contributed by atoms with Crippen molar-refractivity contribution in [3.05, 3.63) is 78.4 Å². The predicted molar refractivity (Wildman–Crippen MR) is 107 cm³/mol. The van der Waals surface area contributed by atoms with Crippen LogP contribution in [0.15, 0.2) is 67.0 Å². The Morgan fingerprint density at radius 2 is 1.79 bits per heavy atom. The lowest BCUT2D eigenvalue weighted by molar-refractivity contribution is -0.0942. The molecule has 4 N–H and O–H groups in total. The molecule has 1 amide bonds. The fourth-order valence-corrected chi connectivity index (χ4v) is 3.13. The zero-order valence-corrected chi connectivity index (χ0v) is 15.1. The maximum absolute atomic E-state index is 11.6. The highest BCUT2D eigenvalue weighted by Crippen LogP contribution is 2.32. The smallest absolute Gasteiger partial charge is 0.267 e. The third-order valence-corrected chi connectivity index (χ3v) is 4.51. The van der Waals surface area contributed by atoms with Crippen LogP contribution in [0.1, 0.15) is 16.2 Å². The summed E-state index contributed by atoms with van der Waals surface area (Å²) in [6, 6.07) is 16.4. The number of hydrogen-bond donors (Lipinski definition) is 3. The summed E-state index contributed by atoms with van der Waals surface area (Å²) in [5, 5.41) is 19.7. The number of pyridine rings is 2. The van der Waals surface area contributed by atoms with Crippen LogP contribution in [0.3, 0.4) is 0 Å². The van der Waals surface area contributed by atoms with E-state index in [1.165, 1.54) is 14.0 Å². The van der Waals surface area contributed by atoms with Gasteiger partial charge in [-0.3, -0.25) is 9.20 Å². The molecular weight excluding hydrogens is 355 g/mol. The van der Waals surface area contributed by atoms with Crippen molar-refractivity contribution in [1.82, 2.24) is 14.4 Å². The zero-order valence-electron chi connectivity index (χ0n) is 15.1. The first-order valence-corrected chi connectivity index (χ1v) is 8.63. The number of nitrogens with two attached hydrogens (primary N) is 1. The molecule has 0 saturated heterocycles. The SMILES string of the molecule is BC(O)(O)c1cccc(-c2ccccc2-c2ccc3ncc(C(N)=O)n3c2)n1. The number of hydrogen-bond acceptors (Lipinski definition) is 5. The van der Waals surface area contributed by atoms with E-state index in [2.05, 4.69) is 9.97 Å². The van der Waals surface area contributed by atoms with Crippen LogP contribution in [0.2, 0.25) is 0 Å². The first-order valence-electron chi connectivity index (χ1n) is 8.63. The topological polar surface area (TPSA) is 114 Å². The predicted octanol–water partition coefficient (Wildman–Crippen LogP) is 0.890. The van der Waals surface area contributed by atoms with Crippen molar-refractivity contribution in [2.75, 3.05) is 0 Å². The third kappa shape index (κ3) is 3.15. The second-order valence-electron chi connectivity index (χ2n) is 6.63. The maximum atomic E-state index is 11.6. The van der Waals surface area contributed by atoms with E-state index in [-0.39, 0.29) is 5.69 Å². The second-order valence-corrected chi connectivity index (χ2v) is 6.63. The molecule has 8 heteroatoms. The van der Waals surface area contributed by atoms with Crippen LogP contribution in [-0.2, 0) is 5.69 Å². The second kappa shape index (κ2) is 6.59. The molecule has 0 fully saturated rings. The number of carbonyl (C=O) groups is 1. The number of carbonyl (C=O) groups excluding carboxylic acids is 1. The number of nitrogens with zero attached hydrogens (tertiary/aromatic N) is 3. The van der Waals surface area contributed by atoms with Crippen molar-refractivity contribution >= 4 is 19.4 Å². The van der Waals surface area contributed by atoms with Crippen LogP contribution in [0.25, 0.3) is 28.0 Å². The summed E-state index contributed by atoms with van der Waals surface area (Å²) in [5.41, 5.74) is 7.60. The Labute approximate surface area is 161 Å². The first kappa shape index (κ1) is 17.9. The molecule has 1 aromatic carbocycles. The van der Waals surface area contributed by atoms with Crippen molar-refractivity contribution < 1.29 is 15.0 Å². The van der Waals surface area contributed by atoms with Gasteiger partial charge >= 0.3 is 0 Å². The molecule has 0 aliphatic rings. The molecule has 138 valence electrons. The normalized spacial score (nSPS) is 11.6. The summed E-state index contributed by atoms with van der Waals surface area (Å²) >= 11 is 0. The largest absolute Gasteiger partial charge is 0.369 e. The van der Waals surface area contributed by atoms with Crippen molar-refractivity contribution in [3.63, 3.8) is 0 Å². The molecule has 0 saturated carbocycles. The number of benzene rings is 1. The fourth-order valence-electron chi connectivity index (χ4n) is 3.13. The molecule has 28 heavy (non-hydrogen) atoms. The Morgan fingerprint density at radius 1 is 1.04 bits per heavy atom. The van der Waals surface area contributed by atoms with Gasteiger partial charge in [-0.1, -0.05) is 30.3 Å². The van der Waals surface area contributed by atoms with Gasteiger partial charge in [-0.15, -0.1) is 0 Å². The Bertz CT molecular complexity index is 1200. The maximum Gasteiger partial charge on any atom is 0.267 e. The van der Waals surface area contributed by atoms with E-state index in [9.17, 15) is 15.0 Å². The average molecular weight is 372 g/mol. The molecule has 3 aromatic heterocycles. The van der Waals surface area contributed by atoms with Crippen LogP contribution >= 0.6 is 0 Å². The summed E-state index contributed by atoms with van der Waals surface area (Å²) in [6.07, 6.45) is 3.25. The van der Waals surface area contributed by atoms with Crippen LogP contribution < -0.4 is 5.73 Å². The van der Waals surface area contributed by atoms with Crippen molar-refractivity contribution in [3.8, 4) is 22.4 Å².